The molecular weight excluding hydrogens is 412 g/mol. The van der Waals surface area contributed by atoms with Crippen LogP contribution in [0.1, 0.15) is 71.3 Å². The van der Waals surface area contributed by atoms with Crippen LogP contribution in [0.3, 0.4) is 0 Å². The van der Waals surface area contributed by atoms with Crippen LogP contribution in [-0.4, -0.2) is 35.8 Å². The van der Waals surface area contributed by atoms with Crippen molar-refractivity contribution in [3.8, 4) is 5.75 Å². The minimum absolute atomic E-state index is 0.0240. The number of benzene rings is 1. The fraction of sp³-hybridized carbons (Fsp3) is 0.458. The number of aryl methyl sites for hydroxylation is 1. The smallest absolute Gasteiger partial charge is 0.341 e. The Morgan fingerprint density at radius 2 is 1.84 bits per heavy atom. The molecule has 0 unspecified atom stereocenters. The zero-order valence-electron chi connectivity index (χ0n) is 17.6. The average molecular weight is 441 g/mol. The van der Waals surface area contributed by atoms with E-state index < -0.39 is 5.97 Å². The molecule has 0 spiro atoms. The lowest BCUT2D eigenvalue weighted by Crippen LogP contribution is -2.36. The highest BCUT2D eigenvalue weighted by molar-refractivity contribution is 7.16. The summed E-state index contributed by atoms with van der Waals surface area (Å²) >= 11 is 1.64. The van der Waals surface area contributed by atoms with Crippen molar-refractivity contribution < 1.29 is 19.4 Å². The summed E-state index contributed by atoms with van der Waals surface area (Å²) < 4.78 is 5.17. The van der Waals surface area contributed by atoms with Crippen LogP contribution >= 0.6 is 11.3 Å². The van der Waals surface area contributed by atoms with E-state index in [-0.39, 0.29) is 18.6 Å². The van der Waals surface area contributed by atoms with Crippen LogP contribution in [0.4, 0.5) is 5.00 Å². The molecule has 31 heavy (non-hydrogen) atoms. The molecule has 0 bridgehead atoms. The van der Waals surface area contributed by atoms with E-state index >= 15 is 0 Å². The molecule has 4 rings (SSSR count). The third-order valence-corrected chi connectivity index (χ3v) is 7.09. The normalized spacial score (nSPS) is 16.8. The molecule has 7 heteroatoms. The molecule has 6 nitrogen and oxygen atoms in total. The molecular formula is C24H28N2O4S. The third kappa shape index (κ3) is 5.53. The van der Waals surface area contributed by atoms with Crippen molar-refractivity contribution in [1.29, 1.82) is 0 Å². The van der Waals surface area contributed by atoms with E-state index in [0.717, 1.165) is 54.7 Å². The van der Waals surface area contributed by atoms with Gasteiger partial charge >= 0.3 is 5.97 Å². The van der Waals surface area contributed by atoms with Gasteiger partial charge in [-0.25, -0.2) is 9.79 Å². The Labute approximate surface area is 186 Å². The Bertz CT molecular complexity index is 959. The van der Waals surface area contributed by atoms with Crippen molar-refractivity contribution in [1.82, 2.24) is 5.32 Å². The fourth-order valence-corrected chi connectivity index (χ4v) is 5.54. The van der Waals surface area contributed by atoms with Gasteiger partial charge in [0.2, 0.25) is 0 Å². The van der Waals surface area contributed by atoms with E-state index in [1.165, 1.54) is 29.7 Å². The number of carboxylic acids is 1. The second kappa shape index (κ2) is 10.1. The van der Waals surface area contributed by atoms with E-state index in [9.17, 15) is 9.59 Å². The van der Waals surface area contributed by atoms with Crippen molar-refractivity contribution in [3.05, 3.63) is 45.8 Å². The van der Waals surface area contributed by atoms with Crippen molar-refractivity contribution in [2.24, 2.45) is 4.99 Å². The summed E-state index contributed by atoms with van der Waals surface area (Å²) in [4.78, 5) is 29.8. The predicted molar refractivity (Wildman–Crippen MR) is 122 cm³/mol. The summed E-state index contributed by atoms with van der Waals surface area (Å²) in [5.41, 5.74) is 2.82. The zero-order chi connectivity index (χ0) is 21.6. The van der Waals surface area contributed by atoms with Crippen LogP contribution in [0.25, 0.3) is 0 Å². The minimum atomic E-state index is -1.01. The first-order valence-electron chi connectivity index (χ1n) is 11.0. The SMILES string of the molecule is O=C(O)COc1ccc(/C=N/c2sc3c(c2C(=O)NC2CCCCC2)CCCC3)cc1. The van der Waals surface area contributed by atoms with Gasteiger partial charge in [-0.05, 0) is 73.9 Å². The van der Waals surface area contributed by atoms with E-state index in [1.54, 1.807) is 29.7 Å². The van der Waals surface area contributed by atoms with Crippen molar-refractivity contribution in [2.45, 2.75) is 63.8 Å². The molecule has 0 atom stereocenters. The molecule has 1 heterocycles. The molecule has 0 aliphatic heterocycles. The Balaban J connectivity index is 1.52. The topological polar surface area (TPSA) is 88.0 Å². The first kappa shape index (κ1) is 21.6. The van der Waals surface area contributed by atoms with E-state index in [2.05, 4.69) is 5.32 Å². The molecule has 1 aromatic carbocycles. The number of hydrogen-bond donors (Lipinski definition) is 2. The van der Waals surface area contributed by atoms with Crippen LogP contribution in [0.15, 0.2) is 29.3 Å². The van der Waals surface area contributed by atoms with Gasteiger partial charge in [-0.1, -0.05) is 19.3 Å². The number of hydrogen-bond acceptors (Lipinski definition) is 5. The number of carbonyl (C=O) groups is 2. The molecule has 0 radical (unpaired) electrons. The van der Waals surface area contributed by atoms with Crippen LogP contribution in [0.2, 0.25) is 0 Å². The maximum atomic E-state index is 13.2. The highest BCUT2D eigenvalue weighted by Crippen LogP contribution is 2.40. The fourth-order valence-electron chi connectivity index (χ4n) is 4.31. The Hall–Kier alpha value is -2.67. The Morgan fingerprint density at radius 3 is 2.58 bits per heavy atom. The quantitative estimate of drug-likeness (QED) is 0.599. The van der Waals surface area contributed by atoms with E-state index in [1.807, 2.05) is 12.1 Å². The molecule has 1 aromatic heterocycles. The van der Waals surface area contributed by atoms with Crippen LogP contribution in [-0.2, 0) is 17.6 Å². The molecule has 1 saturated carbocycles. The number of aliphatic carboxylic acids is 1. The molecule has 1 fully saturated rings. The minimum Gasteiger partial charge on any atom is -0.482 e. The molecule has 0 saturated heterocycles. The van der Waals surface area contributed by atoms with Gasteiger partial charge in [0.25, 0.3) is 5.91 Å². The zero-order valence-corrected chi connectivity index (χ0v) is 18.4. The number of carboxylic acid groups (broad SMARTS) is 1. The first-order valence-corrected chi connectivity index (χ1v) is 11.9. The van der Waals surface area contributed by atoms with E-state index in [0.29, 0.717) is 5.75 Å². The highest BCUT2D eigenvalue weighted by atomic mass is 32.1. The number of ether oxygens (including phenoxy) is 1. The molecule has 2 aliphatic carbocycles. The number of fused-ring (bicyclic) bond motifs is 1. The van der Waals surface area contributed by atoms with Crippen LogP contribution in [0, 0.1) is 0 Å². The lowest BCUT2D eigenvalue weighted by atomic mass is 9.93. The maximum Gasteiger partial charge on any atom is 0.341 e. The summed E-state index contributed by atoms with van der Waals surface area (Å²) in [6.45, 7) is -0.367. The molecule has 164 valence electrons. The number of amides is 1. The Morgan fingerprint density at radius 1 is 1.10 bits per heavy atom. The summed E-state index contributed by atoms with van der Waals surface area (Å²) in [7, 11) is 0. The van der Waals surface area contributed by atoms with Gasteiger partial charge in [-0.2, -0.15) is 0 Å². The number of carbonyl (C=O) groups excluding carboxylic acids is 1. The summed E-state index contributed by atoms with van der Waals surface area (Å²) in [6, 6.07) is 7.38. The van der Waals surface area contributed by atoms with Gasteiger partial charge in [-0.3, -0.25) is 4.79 Å². The second-order valence-electron chi connectivity index (χ2n) is 8.21. The number of rotatable bonds is 7. The van der Waals surface area contributed by atoms with Crippen molar-refractivity contribution in [2.75, 3.05) is 6.61 Å². The van der Waals surface area contributed by atoms with Gasteiger partial charge in [-0.15, -0.1) is 11.3 Å². The summed E-state index contributed by atoms with van der Waals surface area (Å²) in [5.74, 6) is -0.485. The maximum absolute atomic E-state index is 13.2. The van der Waals surface area contributed by atoms with Crippen molar-refractivity contribution >= 4 is 34.4 Å². The molecule has 2 aliphatic rings. The largest absolute Gasteiger partial charge is 0.482 e. The van der Waals surface area contributed by atoms with Gasteiger partial charge in [0.1, 0.15) is 10.8 Å². The van der Waals surface area contributed by atoms with Gasteiger partial charge in [0.05, 0.1) is 5.56 Å². The second-order valence-corrected chi connectivity index (χ2v) is 9.29. The van der Waals surface area contributed by atoms with Gasteiger partial charge in [0.15, 0.2) is 6.61 Å². The standard InChI is InChI=1S/C24H28N2O4S/c27-21(28)15-30-18-12-10-16(11-13-18)14-25-24-22(19-8-4-5-9-20(19)31-24)23(29)26-17-6-2-1-3-7-17/h10-14,17H,1-9,15H2,(H,26,29)(H,27,28)/b25-14+. The number of nitrogens with one attached hydrogen (secondary N) is 1. The monoisotopic (exact) mass is 440 g/mol. The molecule has 1 amide bonds. The van der Waals surface area contributed by atoms with Gasteiger partial charge < -0.3 is 15.2 Å². The molecule has 2 N–H and O–H groups in total. The highest BCUT2D eigenvalue weighted by Gasteiger charge is 2.27. The third-order valence-electron chi connectivity index (χ3n) is 5.89. The lowest BCUT2D eigenvalue weighted by Gasteiger charge is -2.23. The van der Waals surface area contributed by atoms with Crippen molar-refractivity contribution in [3.63, 3.8) is 0 Å². The first-order chi connectivity index (χ1) is 15.1. The van der Waals surface area contributed by atoms with Crippen LogP contribution < -0.4 is 10.1 Å². The summed E-state index contributed by atoms with van der Waals surface area (Å²) in [5, 5.41) is 12.8. The number of thiophene rings is 1. The van der Waals surface area contributed by atoms with Gasteiger partial charge in [0, 0.05) is 17.1 Å². The summed E-state index contributed by atoms with van der Waals surface area (Å²) in [6.07, 6.45) is 11.8. The van der Waals surface area contributed by atoms with E-state index in [4.69, 9.17) is 14.8 Å². The lowest BCUT2D eigenvalue weighted by molar-refractivity contribution is -0.139. The molecule has 2 aromatic rings. The predicted octanol–water partition coefficient (Wildman–Crippen LogP) is 4.90. The number of aliphatic imine (C=N–C) groups is 1. The average Bonchev–Trinajstić information content (AvgIpc) is 3.16. The van der Waals surface area contributed by atoms with Crippen LogP contribution in [0.5, 0.6) is 5.75 Å². The Kier molecular flexibility index (Phi) is 7.02. The number of nitrogens with zero attached hydrogens (tertiary/aromatic N) is 1.